The van der Waals surface area contributed by atoms with Crippen LogP contribution in [0.5, 0.6) is 0 Å². The maximum Gasteiger partial charge on any atom is 0.329 e. The summed E-state index contributed by atoms with van der Waals surface area (Å²) in [4.78, 5) is 28.1. The van der Waals surface area contributed by atoms with Gasteiger partial charge in [0.15, 0.2) is 0 Å². The number of rotatable bonds is 6. The van der Waals surface area contributed by atoms with Crippen LogP contribution in [0, 0.1) is 0 Å². The van der Waals surface area contributed by atoms with Gasteiger partial charge >= 0.3 is 11.9 Å². The van der Waals surface area contributed by atoms with Crippen LogP contribution < -0.4 is 0 Å². The van der Waals surface area contributed by atoms with E-state index in [1.54, 1.807) is 24.7 Å². The van der Waals surface area contributed by atoms with Crippen LogP contribution in [0.1, 0.15) is 26.3 Å². The van der Waals surface area contributed by atoms with Crippen molar-refractivity contribution in [2.45, 2.75) is 26.3 Å². The average Bonchev–Trinajstić information content (AvgIpc) is 2.89. The number of esters is 2. The fraction of sp³-hybridized carbons (Fsp3) is 0.400. The second kappa shape index (κ2) is 6.88. The maximum atomic E-state index is 12.1. The summed E-state index contributed by atoms with van der Waals surface area (Å²) in [5.41, 5.74) is 1.54. The molecule has 2 aromatic rings. The summed E-state index contributed by atoms with van der Waals surface area (Å²) >= 11 is 0. The molecule has 0 saturated heterocycles. The van der Waals surface area contributed by atoms with Gasteiger partial charge in [0.1, 0.15) is 6.04 Å². The zero-order chi connectivity index (χ0) is 15.2. The molecule has 0 saturated carbocycles. The Morgan fingerprint density at radius 2 is 1.90 bits per heavy atom. The van der Waals surface area contributed by atoms with Crippen LogP contribution in [-0.2, 0) is 19.1 Å². The summed E-state index contributed by atoms with van der Waals surface area (Å²) in [5, 5.41) is 0. The molecule has 1 aromatic carbocycles. The number of fused-ring (bicyclic) bond motifs is 1. The van der Waals surface area contributed by atoms with Crippen molar-refractivity contribution >= 4 is 23.0 Å². The molecule has 1 heterocycles. The molecule has 0 amide bonds. The van der Waals surface area contributed by atoms with E-state index in [-0.39, 0.29) is 19.6 Å². The first-order valence-corrected chi connectivity index (χ1v) is 6.91. The van der Waals surface area contributed by atoms with Crippen LogP contribution in [-0.4, -0.2) is 34.7 Å². The SMILES string of the molecule is CCOC(=O)C[C@H](C(=O)OCC)n1cnc2ccccc21. The highest BCUT2D eigenvalue weighted by Gasteiger charge is 2.27. The Morgan fingerprint density at radius 1 is 1.19 bits per heavy atom. The molecule has 0 unspecified atom stereocenters. The van der Waals surface area contributed by atoms with Crippen LogP contribution in [0.15, 0.2) is 30.6 Å². The molecule has 0 fully saturated rings. The third-order valence-corrected chi connectivity index (χ3v) is 3.04. The fourth-order valence-electron chi connectivity index (χ4n) is 2.14. The third-order valence-electron chi connectivity index (χ3n) is 3.04. The lowest BCUT2D eigenvalue weighted by molar-refractivity contribution is -0.153. The van der Waals surface area contributed by atoms with Gasteiger partial charge in [-0.2, -0.15) is 0 Å². The van der Waals surface area contributed by atoms with E-state index < -0.39 is 18.0 Å². The van der Waals surface area contributed by atoms with Crippen molar-refractivity contribution < 1.29 is 19.1 Å². The number of para-hydroxylation sites is 2. The first kappa shape index (κ1) is 15.0. The smallest absolute Gasteiger partial charge is 0.329 e. The van der Waals surface area contributed by atoms with Gasteiger partial charge in [-0.1, -0.05) is 12.1 Å². The van der Waals surface area contributed by atoms with E-state index in [2.05, 4.69) is 4.98 Å². The van der Waals surface area contributed by atoms with Crippen molar-refractivity contribution in [1.82, 2.24) is 9.55 Å². The van der Waals surface area contributed by atoms with Crippen molar-refractivity contribution in [3.63, 3.8) is 0 Å². The predicted octanol–water partition coefficient (Wildman–Crippen LogP) is 2.09. The maximum absolute atomic E-state index is 12.1. The number of hydrogen-bond donors (Lipinski definition) is 0. The average molecular weight is 290 g/mol. The number of imidazole rings is 1. The Labute approximate surface area is 122 Å². The molecular weight excluding hydrogens is 272 g/mol. The topological polar surface area (TPSA) is 70.4 Å². The van der Waals surface area contributed by atoms with Gasteiger partial charge in [0.2, 0.25) is 0 Å². The van der Waals surface area contributed by atoms with Crippen molar-refractivity contribution in [2.24, 2.45) is 0 Å². The Balaban J connectivity index is 2.34. The van der Waals surface area contributed by atoms with Gasteiger partial charge in [0.05, 0.1) is 37.0 Å². The van der Waals surface area contributed by atoms with Crippen LogP contribution in [0.25, 0.3) is 11.0 Å². The Hall–Kier alpha value is -2.37. The fourth-order valence-corrected chi connectivity index (χ4v) is 2.14. The molecule has 6 nitrogen and oxygen atoms in total. The first-order valence-electron chi connectivity index (χ1n) is 6.91. The van der Waals surface area contributed by atoms with Gasteiger partial charge in [-0.15, -0.1) is 0 Å². The molecule has 0 radical (unpaired) electrons. The van der Waals surface area contributed by atoms with Crippen molar-refractivity contribution in [1.29, 1.82) is 0 Å². The minimum Gasteiger partial charge on any atom is -0.466 e. The molecule has 2 rings (SSSR count). The summed E-state index contributed by atoms with van der Waals surface area (Å²) in [6, 6.07) is 6.65. The number of hydrogen-bond acceptors (Lipinski definition) is 5. The molecule has 21 heavy (non-hydrogen) atoms. The highest BCUT2D eigenvalue weighted by atomic mass is 16.5. The molecule has 112 valence electrons. The molecular formula is C15H18N2O4. The normalized spacial score (nSPS) is 12.1. The Bertz CT molecular complexity index is 635. The molecule has 0 N–H and O–H groups in total. The number of nitrogens with zero attached hydrogens (tertiary/aromatic N) is 2. The zero-order valence-electron chi connectivity index (χ0n) is 12.1. The van der Waals surface area contributed by atoms with Gasteiger partial charge in [-0.25, -0.2) is 9.78 Å². The molecule has 1 aromatic heterocycles. The molecule has 0 aliphatic heterocycles. The number of ether oxygens (including phenoxy) is 2. The standard InChI is InChI=1S/C15H18N2O4/c1-3-20-14(18)9-13(15(19)21-4-2)17-10-16-11-7-5-6-8-12(11)17/h5-8,10,13H,3-4,9H2,1-2H3/t13-/m1/s1. The van der Waals surface area contributed by atoms with Crippen LogP contribution in [0.2, 0.25) is 0 Å². The largest absolute Gasteiger partial charge is 0.466 e. The van der Waals surface area contributed by atoms with E-state index in [1.165, 1.54) is 0 Å². The van der Waals surface area contributed by atoms with E-state index in [0.717, 1.165) is 11.0 Å². The quantitative estimate of drug-likeness (QED) is 0.762. The van der Waals surface area contributed by atoms with Crippen LogP contribution in [0.3, 0.4) is 0 Å². The van der Waals surface area contributed by atoms with Crippen molar-refractivity contribution in [3.8, 4) is 0 Å². The van der Waals surface area contributed by atoms with Gasteiger partial charge in [0, 0.05) is 0 Å². The minimum atomic E-state index is -0.767. The van der Waals surface area contributed by atoms with Crippen LogP contribution >= 0.6 is 0 Å². The van der Waals surface area contributed by atoms with Crippen molar-refractivity contribution in [3.05, 3.63) is 30.6 Å². The van der Waals surface area contributed by atoms with E-state index >= 15 is 0 Å². The van der Waals surface area contributed by atoms with E-state index in [4.69, 9.17) is 9.47 Å². The minimum absolute atomic E-state index is 0.0764. The van der Waals surface area contributed by atoms with Gasteiger partial charge < -0.3 is 14.0 Å². The number of carbonyl (C=O) groups is 2. The molecule has 6 heteroatoms. The summed E-state index contributed by atoms with van der Waals surface area (Å²) in [6.45, 7) is 3.99. The van der Waals surface area contributed by atoms with Gasteiger partial charge in [-0.05, 0) is 26.0 Å². The Morgan fingerprint density at radius 3 is 2.62 bits per heavy atom. The summed E-state index contributed by atoms with van der Waals surface area (Å²) in [5.74, 6) is -0.901. The van der Waals surface area contributed by atoms with E-state index in [1.807, 2.05) is 24.3 Å². The lowest BCUT2D eigenvalue weighted by Crippen LogP contribution is -2.25. The van der Waals surface area contributed by atoms with Gasteiger partial charge in [-0.3, -0.25) is 4.79 Å². The zero-order valence-corrected chi connectivity index (χ0v) is 12.1. The van der Waals surface area contributed by atoms with Crippen molar-refractivity contribution in [2.75, 3.05) is 13.2 Å². The summed E-state index contributed by atoms with van der Waals surface area (Å²) in [6.07, 6.45) is 1.47. The molecule has 0 bridgehead atoms. The second-order valence-electron chi connectivity index (χ2n) is 4.42. The number of aromatic nitrogens is 2. The molecule has 0 aliphatic carbocycles. The predicted molar refractivity (Wildman–Crippen MR) is 76.7 cm³/mol. The molecule has 1 atom stereocenters. The highest BCUT2D eigenvalue weighted by Crippen LogP contribution is 2.21. The summed E-state index contributed by atoms with van der Waals surface area (Å²) < 4.78 is 11.6. The Kier molecular flexibility index (Phi) is 4.92. The van der Waals surface area contributed by atoms with Crippen LogP contribution in [0.4, 0.5) is 0 Å². The lowest BCUT2D eigenvalue weighted by Gasteiger charge is -2.17. The molecule has 0 aliphatic rings. The number of carbonyl (C=O) groups excluding carboxylic acids is 2. The molecule has 0 spiro atoms. The second-order valence-corrected chi connectivity index (χ2v) is 4.42. The van der Waals surface area contributed by atoms with E-state index in [0.29, 0.717) is 0 Å². The van der Waals surface area contributed by atoms with E-state index in [9.17, 15) is 9.59 Å². The third kappa shape index (κ3) is 3.39. The first-order chi connectivity index (χ1) is 10.2. The van der Waals surface area contributed by atoms with Gasteiger partial charge in [0.25, 0.3) is 0 Å². The summed E-state index contributed by atoms with van der Waals surface area (Å²) in [7, 11) is 0. The highest BCUT2D eigenvalue weighted by molar-refractivity contribution is 5.84. The number of benzene rings is 1. The monoisotopic (exact) mass is 290 g/mol. The lowest BCUT2D eigenvalue weighted by atomic mass is 10.2.